The zero-order valence-electron chi connectivity index (χ0n) is 12.7. The zero-order valence-corrected chi connectivity index (χ0v) is 12.7. The maximum Gasteiger partial charge on any atom is 0.255 e. The smallest absolute Gasteiger partial charge is 0.255 e. The van der Waals surface area contributed by atoms with Crippen molar-refractivity contribution in [1.29, 1.82) is 0 Å². The van der Waals surface area contributed by atoms with E-state index in [2.05, 4.69) is 5.32 Å². The fraction of sp³-hybridized carbons (Fsp3) is 0.235. The van der Waals surface area contributed by atoms with Gasteiger partial charge in [0.1, 0.15) is 11.5 Å². The van der Waals surface area contributed by atoms with Crippen molar-refractivity contribution in [2.45, 2.75) is 13.8 Å². The van der Waals surface area contributed by atoms with Crippen molar-refractivity contribution < 1.29 is 14.3 Å². The Hall–Kier alpha value is -2.49. The van der Waals surface area contributed by atoms with Gasteiger partial charge in [-0.25, -0.2) is 0 Å². The largest absolute Gasteiger partial charge is 0.497 e. The quantitative estimate of drug-likeness (QED) is 0.934. The maximum atomic E-state index is 12.3. The Labute approximate surface area is 124 Å². The number of benzene rings is 2. The molecule has 0 aliphatic heterocycles. The predicted molar refractivity (Wildman–Crippen MR) is 83.4 cm³/mol. The van der Waals surface area contributed by atoms with Crippen LogP contribution >= 0.6 is 0 Å². The van der Waals surface area contributed by atoms with Crippen molar-refractivity contribution in [2.75, 3.05) is 19.5 Å². The molecule has 2 aromatic carbocycles. The first-order chi connectivity index (χ1) is 10.0. The van der Waals surface area contributed by atoms with E-state index in [0.717, 1.165) is 11.3 Å². The van der Waals surface area contributed by atoms with Crippen molar-refractivity contribution in [2.24, 2.45) is 0 Å². The molecule has 0 radical (unpaired) electrons. The van der Waals surface area contributed by atoms with Crippen LogP contribution in [0.4, 0.5) is 5.69 Å². The zero-order chi connectivity index (χ0) is 15.4. The highest BCUT2D eigenvalue weighted by Gasteiger charge is 2.10. The van der Waals surface area contributed by atoms with E-state index in [1.165, 1.54) is 5.56 Å². The molecule has 2 aromatic rings. The van der Waals surface area contributed by atoms with Gasteiger partial charge in [0.25, 0.3) is 5.91 Å². The van der Waals surface area contributed by atoms with E-state index in [9.17, 15) is 4.79 Å². The lowest BCUT2D eigenvalue weighted by Crippen LogP contribution is -2.12. The van der Waals surface area contributed by atoms with Gasteiger partial charge in [-0.3, -0.25) is 4.79 Å². The number of anilines is 1. The first-order valence-electron chi connectivity index (χ1n) is 6.65. The van der Waals surface area contributed by atoms with Crippen LogP contribution in [0.5, 0.6) is 11.5 Å². The molecule has 0 saturated heterocycles. The molecule has 0 bridgehead atoms. The Morgan fingerprint density at radius 3 is 2.05 bits per heavy atom. The van der Waals surface area contributed by atoms with Crippen molar-refractivity contribution >= 4 is 11.6 Å². The number of hydrogen-bond acceptors (Lipinski definition) is 3. The number of amides is 1. The summed E-state index contributed by atoms with van der Waals surface area (Å²) >= 11 is 0. The fourth-order valence-corrected chi connectivity index (χ4v) is 1.96. The Kier molecular flexibility index (Phi) is 4.48. The van der Waals surface area contributed by atoms with E-state index in [0.29, 0.717) is 17.1 Å². The second-order valence-corrected chi connectivity index (χ2v) is 4.85. The van der Waals surface area contributed by atoms with E-state index in [1.54, 1.807) is 32.4 Å². The SMILES string of the molecule is COc1cc(OC)cc(C(=O)Nc2ccc(C)c(C)c2)c1. The van der Waals surface area contributed by atoms with Crippen LogP contribution in [0, 0.1) is 13.8 Å². The Morgan fingerprint density at radius 1 is 0.905 bits per heavy atom. The number of carbonyl (C=O) groups excluding carboxylic acids is 1. The number of hydrogen-bond donors (Lipinski definition) is 1. The highest BCUT2D eigenvalue weighted by atomic mass is 16.5. The number of aryl methyl sites for hydroxylation is 2. The molecule has 1 N–H and O–H groups in total. The minimum Gasteiger partial charge on any atom is -0.497 e. The minimum atomic E-state index is -0.199. The summed E-state index contributed by atoms with van der Waals surface area (Å²) in [6, 6.07) is 10.9. The van der Waals surface area contributed by atoms with Gasteiger partial charge < -0.3 is 14.8 Å². The first kappa shape index (κ1) is 14.9. The lowest BCUT2D eigenvalue weighted by Gasteiger charge is -2.10. The first-order valence-corrected chi connectivity index (χ1v) is 6.65. The molecule has 21 heavy (non-hydrogen) atoms. The number of methoxy groups -OCH3 is 2. The van der Waals surface area contributed by atoms with Gasteiger partial charge in [0.15, 0.2) is 0 Å². The number of rotatable bonds is 4. The molecule has 0 aliphatic carbocycles. The average Bonchev–Trinajstić information content (AvgIpc) is 2.50. The van der Waals surface area contributed by atoms with Crippen LogP contribution < -0.4 is 14.8 Å². The van der Waals surface area contributed by atoms with Gasteiger partial charge in [0.2, 0.25) is 0 Å². The van der Waals surface area contributed by atoms with Crippen LogP contribution in [-0.2, 0) is 0 Å². The van der Waals surface area contributed by atoms with Crippen LogP contribution in [0.3, 0.4) is 0 Å². The standard InChI is InChI=1S/C17H19NO3/c1-11-5-6-14(7-12(11)2)18-17(19)13-8-15(20-3)10-16(9-13)21-4/h5-10H,1-4H3,(H,18,19). The summed E-state index contributed by atoms with van der Waals surface area (Å²) in [5.41, 5.74) is 3.58. The predicted octanol–water partition coefficient (Wildman–Crippen LogP) is 3.57. The molecule has 4 heteroatoms. The van der Waals surface area contributed by atoms with Gasteiger partial charge in [-0.15, -0.1) is 0 Å². The lowest BCUT2D eigenvalue weighted by molar-refractivity contribution is 0.102. The topological polar surface area (TPSA) is 47.6 Å². The van der Waals surface area contributed by atoms with E-state index in [4.69, 9.17) is 9.47 Å². The van der Waals surface area contributed by atoms with Gasteiger partial charge in [-0.05, 0) is 49.2 Å². The normalized spacial score (nSPS) is 10.1. The van der Waals surface area contributed by atoms with E-state index in [-0.39, 0.29) is 5.91 Å². The van der Waals surface area contributed by atoms with Gasteiger partial charge in [0, 0.05) is 17.3 Å². The number of nitrogens with one attached hydrogen (secondary N) is 1. The third-order valence-electron chi connectivity index (χ3n) is 3.38. The Morgan fingerprint density at radius 2 is 1.52 bits per heavy atom. The molecular weight excluding hydrogens is 266 g/mol. The Balaban J connectivity index is 2.25. The maximum absolute atomic E-state index is 12.3. The summed E-state index contributed by atoms with van der Waals surface area (Å²) in [7, 11) is 3.11. The fourth-order valence-electron chi connectivity index (χ4n) is 1.96. The summed E-state index contributed by atoms with van der Waals surface area (Å²) in [5.74, 6) is 0.967. The lowest BCUT2D eigenvalue weighted by atomic mass is 10.1. The average molecular weight is 285 g/mol. The van der Waals surface area contributed by atoms with E-state index >= 15 is 0 Å². The second kappa shape index (κ2) is 6.31. The van der Waals surface area contributed by atoms with Gasteiger partial charge in [-0.2, -0.15) is 0 Å². The van der Waals surface area contributed by atoms with Gasteiger partial charge >= 0.3 is 0 Å². The third-order valence-corrected chi connectivity index (χ3v) is 3.38. The second-order valence-electron chi connectivity index (χ2n) is 4.85. The summed E-state index contributed by atoms with van der Waals surface area (Å²) in [4.78, 5) is 12.3. The highest BCUT2D eigenvalue weighted by molar-refractivity contribution is 6.04. The van der Waals surface area contributed by atoms with E-state index < -0.39 is 0 Å². The molecule has 0 spiro atoms. The van der Waals surface area contributed by atoms with Crippen molar-refractivity contribution in [1.82, 2.24) is 0 Å². The minimum absolute atomic E-state index is 0.199. The highest BCUT2D eigenvalue weighted by Crippen LogP contribution is 2.23. The molecule has 110 valence electrons. The van der Waals surface area contributed by atoms with Gasteiger partial charge in [0.05, 0.1) is 14.2 Å². The summed E-state index contributed by atoms with van der Waals surface area (Å²) < 4.78 is 10.3. The van der Waals surface area contributed by atoms with Crippen LogP contribution in [0.15, 0.2) is 36.4 Å². The van der Waals surface area contributed by atoms with Crippen molar-refractivity contribution in [3.05, 3.63) is 53.1 Å². The number of carbonyl (C=O) groups is 1. The summed E-state index contributed by atoms with van der Waals surface area (Å²) in [6.45, 7) is 4.05. The van der Waals surface area contributed by atoms with Crippen LogP contribution in [0.25, 0.3) is 0 Å². The molecule has 1 amide bonds. The Bertz CT molecular complexity index is 643. The monoisotopic (exact) mass is 285 g/mol. The molecular formula is C17H19NO3. The summed E-state index contributed by atoms with van der Waals surface area (Å²) in [6.07, 6.45) is 0. The van der Waals surface area contributed by atoms with E-state index in [1.807, 2.05) is 32.0 Å². The molecule has 0 aliphatic rings. The third kappa shape index (κ3) is 3.54. The van der Waals surface area contributed by atoms with Crippen LogP contribution in [0.1, 0.15) is 21.5 Å². The van der Waals surface area contributed by atoms with Gasteiger partial charge in [-0.1, -0.05) is 6.07 Å². The van der Waals surface area contributed by atoms with Crippen molar-refractivity contribution in [3.63, 3.8) is 0 Å². The molecule has 2 rings (SSSR count). The molecule has 0 saturated carbocycles. The summed E-state index contributed by atoms with van der Waals surface area (Å²) in [5, 5.41) is 2.88. The van der Waals surface area contributed by atoms with Crippen molar-refractivity contribution in [3.8, 4) is 11.5 Å². The van der Waals surface area contributed by atoms with Crippen LogP contribution in [-0.4, -0.2) is 20.1 Å². The molecule has 0 unspecified atom stereocenters. The molecule has 0 atom stereocenters. The molecule has 0 heterocycles. The molecule has 0 aromatic heterocycles. The van der Waals surface area contributed by atoms with Crippen LogP contribution in [0.2, 0.25) is 0 Å². The number of ether oxygens (including phenoxy) is 2. The molecule has 0 fully saturated rings. The molecule has 4 nitrogen and oxygen atoms in total.